The van der Waals surface area contributed by atoms with E-state index < -0.39 is 5.41 Å². The summed E-state index contributed by atoms with van der Waals surface area (Å²) in [5.41, 5.74) is 5.82. The van der Waals surface area contributed by atoms with Gasteiger partial charge in [-0.25, -0.2) is 19.6 Å². The quantitative estimate of drug-likeness (QED) is 0.363. The van der Waals surface area contributed by atoms with E-state index in [9.17, 15) is 4.79 Å². The molecule has 0 unspecified atom stereocenters. The number of aryl methyl sites for hydroxylation is 1. The van der Waals surface area contributed by atoms with Crippen LogP contribution in [0.5, 0.6) is 0 Å². The molecule has 5 N–H and O–H groups in total. The predicted molar refractivity (Wildman–Crippen MR) is 126 cm³/mol. The Morgan fingerprint density at radius 1 is 1.26 bits per heavy atom. The highest BCUT2D eigenvalue weighted by atomic mass is 16.5. The average molecular weight is 472 g/mol. The summed E-state index contributed by atoms with van der Waals surface area (Å²) in [7, 11) is 0. The lowest BCUT2D eigenvalue weighted by atomic mass is 9.96. The number of carbonyl (C=O) groups excluding carboxylic acids is 1. The molecule has 0 atom stereocenters. The second-order valence-electron chi connectivity index (χ2n) is 9.24. The highest BCUT2D eigenvalue weighted by Gasteiger charge is 2.28. The van der Waals surface area contributed by atoms with Crippen molar-refractivity contribution in [3.63, 3.8) is 0 Å². The van der Waals surface area contributed by atoms with Crippen LogP contribution in [0.15, 0.2) is 6.20 Å². The van der Waals surface area contributed by atoms with Gasteiger partial charge in [-0.3, -0.25) is 15.6 Å². The van der Waals surface area contributed by atoms with Crippen LogP contribution in [0.1, 0.15) is 64.4 Å². The fourth-order valence-electron chi connectivity index (χ4n) is 3.56. The van der Waals surface area contributed by atoms with Crippen LogP contribution in [0.4, 0.5) is 5.82 Å². The van der Waals surface area contributed by atoms with Crippen LogP contribution in [0.25, 0.3) is 11.5 Å². The number of ether oxygens (including phenoxy) is 1. The molecule has 3 rings (SSSR count). The molecule has 0 saturated carbocycles. The average Bonchev–Trinajstić information content (AvgIpc) is 3.23. The van der Waals surface area contributed by atoms with E-state index in [0.29, 0.717) is 37.0 Å². The zero-order valence-corrected chi connectivity index (χ0v) is 20.1. The number of nitrogens with zero attached hydrogens (tertiary/aromatic N) is 6. The first-order valence-corrected chi connectivity index (χ1v) is 11.4. The molecule has 0 spiro atoms. The maximum absolute atomic E-state index is 12.0. The van der Waals surface area contributed by atoms with Gasteiger partial charge in [0.15, 0.2) is 29.1 Å². The van der Waals surface area contributed by atoms with Gasteiger partial charge in [-0.2, -0.15) is 5.10 Å². The van der Waals surface area contributed by atoms with E-state index in [2.05, 4.69) is 15.1 Å². The third-order valence-corrected chi connectivity index (χ3v) is 5.66. The van der Waals surface area contributed by atoms with Gasteiger partial charge in [0.25, 0.3) is 0 Å². The van der Waals surface area contributed by atoms with Gasteiger partial charge in [0.1, 0.15) is 5.69 Å². The first-order valence-electron chi connectivity index (χ1n) is 11.4. The summed E-state index contributed by atoms with van der Waals surface area (Å²) in [6.45, 7) is 8.99. The fraction of sp³-hybridized carbons (Fsp3) is 0.591. The Bertz CT molecular complexity index is 1070. The van der Waals surface area contributed by atoms with Gasteiger partial charge < -0.3 is 20.5 Å². The van der Waals surface area contributed by atoms with E-state index in [4.69, 9.17) is 31.4 Å². The number of piperidine rings is 1. The van der Waals surface area contributed by atoms with Crippen molar-refractivity contribution in [2.24, 2.45) is 5.41 Å². The fourth-order valence-corrected chi connectivity index (χ4v) is 3.56. The van der Waals surface area contributed by atoms with Gasteiger partial charge in [-0.1, -0.05) is 20.8 Å². The van der Waals surface area contributed by atoms with E-state index >= 15 is 0 Å². The van der Waals surface area contributed by atoms with Gasteiger partial charge in [0.2, 0.25) is 11.8 Å². The van der Waals surface area contributed by atoms with Crippen LogP contribution in [0, 0.1) is 16.2 Å². The largest absolute Gasteiger partial charge is 0.423 e. The Balaban J connectivity index is 1.82. The molecular weight excluding hydrogens is 438 g/mol. The standard InChI is InChI=1S/C22H33N9O3/c1-5-31-20(28-19(29-31)13-6-9-30(10-7-13)15(33)8-11-32)14-12-26-17(23)16(27-14)18(24)34-21(25)22(2,3)4/h12-13,24-25,32H,5-11H2,1-4H3,(H2,23,26). The van der Waals surface area contributed by atoms with Crippen LogP contribution >= 0.6 is 0 Å². The number of amides is 1. The summed E-state index contributed by atoms with van der Waals surface area (Å²) in [6, 6.07) is 0. The number of aliphatic hydroxyl groups is 1. The number of aliphatic hydroxyl groups excluding tert-OH is 1. The molecule has 2 aromatic rings. The lowest BCUT2D eigenvalue weighted by molar-refractivity contribution is -0.132. The first kappa shape index (κ1) is 25.2. The van der Waals surface area contributed by atoms with Crippen LogP contribution in [0.2, 0.25) is 0 Å². The first-order chi connectivity index (χ1) is 16.0. The molecule has 2 aromatic heterocycles. The second kappa shape index (κ2) is 10.2. The molecule has 1 aliphatic rings. The minimum absolute atomic E-state index is 0.0261. The van der Waals surface area contributed by atoms with E-state index in [1.165, 1.54) is 6.20 Å². The van der Waals surface area contributed by atoms with Crippen molar-refractivity contribution in [3.8, 4) is 11.5 Å². The molecule has 1 saturated heterocycles. The minimum Gasteiger partial charge on any atom is -0.423 e. The zero-order chi connectivity index (χ0) is 25.0. The highest BCUT2D eigenvalue weighted by molar-refractivity contribution is 6.01. The van der Waals surface area contributed by atoms with Crippen molar-refractivity contribution in [3.05, 3.63) is 17.7 Å². The molecule has 3 heterocycles. The van der Waals surface area contributed by atoms with Crippen molar-refractivity contribution in [2.45, 2.75) is 59.4 Å². The monoisotopic (exact) mass is 471 g/mol. The lowest BCUT2D eigenvalue weighted by Crippen LogP contribution is -2.38. The maximum atomic E-state index is 12.0. The molecular formula is C22H33N9O3. The van der Waals surface area contributed by atoms with Crippen LogP contribution in [0.3, 0.4) is 0 Å². The minimum atomic E-state index is -0.568. The molecule has 0 aliphatic carbocycles. The van der Waals surface area contributed by atoms with E-state index in [1.54, 1.807) is 9.58 Å². The molecule has 12 heteroatoms. The number of likely N-dealkylation sites (tertiary alicyclic amines) is 1. The number of nitrogens with two attached hydrogens (primary N) is 1. The summed E-state index contributed by atoms with van der Waals surface area (Å²) in [5, 5.41) is 29.9. The van der Waals surface area contributed by atoms with Gasteiger partial charge >= 0.3 is 0 Å². The smallest absolute Gasteiger partial charge is 0.243 e. The van der Waals surface area contributed by atoms with Crippen LogP contribution in [-0.2, 0) is 16.1 Å². The maximum Gasteiger partial charge on any atom is 0.243 e. The van der Waals surface area contributed by atoms with Crippen molar-refractivity contribution in [2.75, 3.05) is 25.4 Å². The molecule has 12 nitrogen and oxygen atoms in total. The summed E-state index contributed by atoms with van der Waals surface area (Å²) in [5.74, 6) is 0.831. The zero-order valence-electron chi connectivity index (χ0n) is 20.1. The molecule has 0 bridgehead atoms. The van der Waals surface area contributed by atoms with Gasteiger partial charge in [-0.05, 0) is 19.8 Å². The Morgan fingerprint density at radius 3 is 2.53 bits per heavy atom. The van der Waals surface area contributed by atoms with Gasteiger partial charge in [0.05, 0.1) is 12.8 Å². The number of hydrogen-bond acceptors (Lipinski definition) is 10. The number of rotatable bonds is 6. The normalized spacial score (nSPS) is 14.8. The Morgan fingerprint density at radius 2 is 1.94 bits per heavy atom. The van der Waals surface area contributed by atoms with Crippen molar-refractivity contribution < 1.29 is 14.6 Å². The van der Waals surface area contributed by atoms with Gasteiger partial charge in [-0.15, -0.1) is 0 Å². The molecule has 1 fully saturated rings. The molecule has 34 heavy (non-hydrogen) atoms. The number of anilines is 1. The Labute approximate surface area is 198 Å². The number of nitrogens with one attached hydrogen (secondary N) is 2. The molecule has 0 aromatic carbocycles. The lowest BCUT2D eigenvalue weighted by Gasteiger charge is -2.30. The topological polar surface area (TPSA) is 180 Å². The molecule has 0 radical (unpaired) electrons. The molecule has 1 amide bonds. The van der Waals surface area contributed by atoms with E-state index in [1.807, 2.05) is 27.7 Å². The van der Waals surface area contributed by atoms with E-state index in [-0.39, 0.29) is 48.2 Å². The third-order valence-electron chi connectivity index (χ3n) is 5.66. The van der Waals surface area contributed by atoms with Crippen molar-refractivity contribution in [1.29, 1.82) is 10.8 Å². The van der Waals surface area contributed by atoms with E-state index in [0.717, 1.165) is 12.8 Å². The summed E-state index contributed by atoms with van der Waals surface area (Å²) in [4.78, 5) is 27.2. The summed E-state index contributed by atoms with van der Waals surface area (Å²) < 4.78 is 7.10. The number of nitrogen functional groups attached to an aromatic ring is 1. The number of hydrogen-bond donors (Lipinski definition) is 4. The molecule has 184 valence electrons. The van der Waals surface area contributed by atoms with Gasteiger partial charge in [0, 0.05) is 37.4 Å². The third kappa shape index (κ3) is 5.56. The second-order valence-corrected chi connectivity index (χ2v) is 9.24. The van der Waals surface area contributed by atoms with Crippen LogP contribution < -0.4 is 5.73 Å². The van der Waals surface area contributed by atoms with Crippen molar-refractivity contribution >= 4 is 23.5 Å². The molecule has 1 aliphatic heterocycles. The Kier molecular flexibility index (Phi) is 7.60. The number of carbonyl (C=O) groups is 1. The SMILES string of the molecule is CCn1nc(C2CCN(C(=O)CCO)CC2)nc1-c1cnc(N)c(C(=N)OC(=N)C(C)(C)C)n1. The predicted octanol–water partition coefficient (Wildman–Crippen LogP) is 1.79. The highest BCUT2D eigenvalue weighted by Crippen LogP contribution is 2.28. The summed E-state index contributed by atoms with van der Waals surface area (Å²) >= 11 is 0. The summed E-state index contributed by atoms with van der Waals surface area (Å²) in [6.07, 6.45) is 3.09. The Hall–Kier alpha value is -3.41. The van der Waals surface area contributed by atoms with Crippen LogP contribution in [-0.4, -0.2) is 72.1 Å². The van der Waals surface area contributed by atoms with Crippen molar-refractivity contribution in [1.82, 2.24) is 29.6 Å². The number of aromatic nitrogens is 5.